The van der Waals surface area contributed by atoms with Crippen LogP contribution < -0.4 is 15.0 Å². The van der Waals surface area contributed by atoms with Crippen LogP contribution in [0.2, 0.25) is 0 Å². The van der Waals surface area contributed by atoms with Gasteiger partial charge in [0.15, 0.2) is 0 Å². The lowest BCUT2D eigenvalue weighted by Gasteiger charge is -2.22. The Balaban J connectivity index is 1.95. The second-order valence-electron chi connectivity index (χ2n) is 5.15. The van der Waals surface area contributed by atoms with Crippen molar-refractivity contribution in [3.05, 3.63) is 24.3 Å². The van der Waals surface area contributed by atoms with E-state index in [-0.39, 0.29) is 5.75 Å². The highest BCUT2D eigenvalue weighted by molar-refractivity contribution is 5.59. The van der Waals surface area contributed by atoms with Crippen molar-refractivity contribution in [2.45, 2.75) is 26.4 Å². The topological polar surface area (TPSA) is 24.5 Å². The average Bonchev–Trinajstić information content (AvgIpc) is 2.88. The third-order valence-electron chi connectivity index (χ3n) is 3.57. The Bertz CT molecular complexity index is 415. The summed E-state index contributed by atoms with van der Waals surface area (Å²) in [5, 5.41) is 3.42. The molecule has 0 radical (unpaired) electrons. The fraction of sp³-hybridized carbons (Fsp3) is 0.600. The van der Waals surface area contributed by atoms with Gasteiger partial charge in [-0.05, 0) is 44.0 Å². The van der Waals surface area contributed by atoms with Crippen LogP contribution in [0.5, 0.6) is 5.75 Å². The van der Waals surface area contributed by atoms with Crippen molar-refractivity contribution in [1.29, 1.82) is 0 Å². The molecule has 0 spiro atoms. The molecule has 112 valence electrons. The van der Waals surface area contributed by atoms with Gasteiger partial charge in [0.25, 0.3) is 0 Å². The van der Waals surface area contributed by atoms with E-state index in [4.69, 9.17) is 0 Å². The van der Waals surface area contributed by atoms with Crippen LogP contribution in [0.3, 0.4) is 0 Å². The largest absolute Gasteiger partial charge is 0.433 e. The summed E-state index contributed by atoms with van der Waals surface area (Å²) in [7, 11) is 0. The number of nitrogens with zero attached hydrogens (tertiary/aromatic N) is 1. The second-order valence-corrected chi connectivity index (χ2v) is 5.15. The fourth-order valence-electron chi connectivity index (χ4n) is 2.62. The van der Waals surface area contributed by atoms with Crippen LogP contribution in [0.1, 0.15) is 19.8 Å². The molecule has 5 heteroatoms. The molecule has 1 saturated heterocycles. The number of anilines is 1. The van der Waals surface area contributed by atoms with Crippen LogP contribution in [0.4, 0.5) is 14.5 Å². The normalized spacial score (nSPS) is 18.8. The summed E-state index contributed by atoms with van der Waals surface area (Å²) < 4.78 is 29.4. The van der Waals surface area contributed by atoms with Crippen molar-refractivity contribution in [3.8, 4) is 5.75 Å². The molecule has 0 saturated carbocycles. The molecule has 20 heavy (non-hydrogen) atoms. The molecular formula is C15H22F2N2O. The van der Waals surface area contributed by atoms with Gasteiger partial charge in [-0.3, -0.25) is 0 Å². The number of ether oxygens (including phenoxy) is 1. The minimum absolute atomic E-state index is 0.268. The fourth-order valence-corrected chi connectivity index (χ4v) is 2.62. The molecule has 1 heterocycles. The number of hydrogen-bond acceptors (Lipinski definition) is 3. The molecule has 1 aliphatic rings. The van der Waals surface area contributed by atoms with Crippen LogP contribution in [-0.2, 0) is 0 Å². The maximum Gasteiger partial charge on any atom is 0.387 e. The molecule has 0 bridgehead atoms. The molecular weight excluding hydrogens is 262 g/mol. The summed E-state index contributed by atoms with van der Waals surface area (Å²) >= 11 is 0. The third-order valence-corrected chi connectivity index (χ3v) is 3.57. The summed E-state index contributed by atoms with van der Waals surface area (Å²) in [6.07, 6.45) is 2.21. The molecule has 2 rings (SSSR count). The van der Waals surface area contributed by atoms with Gasteiger partial charge in [0.2, 0.25) is 0 Å². The lowest BCUT2D eigenvalue weighted by Crippen LogP contribution is -2.27. The summed E-state index contributed by atoms with van der Waals surface area (Å²) in [4.78, 5) is 2.13. The van der Waals surface area contributed by atoms with E-state index in [9.17, 15) is 8.78 Å². The SMILES string of the molecule is CCCNCC1CCN(c2ccccc2OC(F)F)C1. The standard InChI is InChI=1S/C15H22F2N2O/c1-2-8-18-10-12-7-9-19(11-12)13-5-3-4-6-14(13)20-15(16)17/h3-6,12,15,18H,2,7-11H2,1H3. The van der Waals surface area contributed by atoms with E-state index in [0.717, 1.165) is 44.7 Å². The third kappa shape index (κ3) is 4.07. The molecule has 1 aromatic rings. The molecule has 1 atom stereocenters. The maximum absolute atomic E-state index is 12.4. The van der Waals surface area contributed by atoms with Gasteiger partial charge < -0.3 is 15.0 Å². The average molecular weight is 284 g/mol. The Morgan fingerprint density at radius 1 is 1.40 bits per heavy atom. The first-order chi connectivity index (χ1) is 9.70. The maximum atomic E-state index is 12.4. The van der Waals surface area contributed by atoms with Gasteiger partial charge in [-0.25, -0.2) is 0 Å². The summed E-state index contributed by atoms with van der Waals surface area (Å²) in [6.45, 7) is 3.17. The summed E-state index contributed by atoms with van der Waals surface area (Å²) in [5.41, 5.74) is 0.769. The lowest BCUT2D eigenvalue weighted by molar-refractivity contribution is -0.0495. The quantitative estimate of drug-likeness (QED) is 0.779. The minimum atomic E-state index is -2.78. The van der Waals surface area contributed by atoms with Crippen LogP contribution in [0.15, 0.2) is 24.3 Å². The van der Waals surface area contributed by atoms with E-state index in [0.29, 0.717) is 5.92 Å². The van der Waals surface area contributed by atoms with E-state index < -0.39 is 6.61 Å². The van der Waals surface area contributed by atoms with Crippen LogP contribution in [-0.4, -0.2) is 32.8 Å². The molecule has 1 N–H and O–H groups in total. The number of benzene rings is 1. The van der Waals surface area contributed by atoms with Crippen LogP contribution in [0.25, 0.3) is 0 Å². The van der Waals surface area contributed by atoms with Crippen molar-refractivity contribution in [2.75, 3.05) is 31.1 Å². The van der Waals surface area contributed by atoms with E-state index in [2.05, 4.69) is 21.9 Å². The van der Waals surface area contributed by atoms with Crippen molar-refractivity contribution in [1.82, 2.24) is 5.32 Å². The summed E-state index contributed by atoms with van der Waals surface area (Å²) in [5.74, 6) is 0.839. The zero-order chi connectivity index (χ0) is 14.4. The molecule has 1 aliphatic heterocycles. The monoisotopic (exact) mass is 284 g/mol. The lowest BCUT2D eigenvalue weighted by atomic mass is 10.1. The number of para-hydroxylation sites is 2. The first kappa shape index (κ1) is 15.0. The predicted octanol–water partition coefficient (Wildman–Crippen LogP) is 3.11. The minimum Gasteiger partial charge on any atom is -0.433 e. The number of nitrogens with one attached hydrogen (secondary N) is 1. The number of alkyl halides is 2. The molecule has 0 aliphatic carbocycles. The predicted molar refractivity (Wildman–Crippen MR) is 76.6 cm³/mol. The zero-order valence-corrected chi connectivity index (χ0v) is 11.8. The summed E-state index contributed by atoms with van der Waals surface area (Å²) in [6, 6.07) is 7.03. The van der Waals surface area contributed by atoms with Gasteiger partial charge in [0.05, 0.1) is 5.69 Å². The first-order valence-electron chi connectivity index (χ1n) is 7.20. The highest BCUT2D eigenvalue weighted by Crippen LogP contribution is 2.32. The highest BCUT2D eigenvalue weighted by atomic mass is 19.3. The van der Waals surface area contributed by atoms with Crippen LogP contribution in [0, 0.1) is 5.92 Å². The van der Waals surface area contributed by atoms with E-state index >= 15 is 0 Å². The molecule has 0 aromatic heterocycles. The Morgan fingerprint density at radius 3 is 2.95 bits per heavy atom. The first-order valence-corrected chi connectivity index (χ1v) is 7.20. The van der Waals surface area contributed by atoms with Gasteiger partial charge in [-0.15, -0.1) is 0 Å². The number of hydrogen-bond donors (Lipinski definition) is 1. The molecule has 0 amide bonds. The number of rotatable bonds is 7. The van der Waals surface area contributed by atoms with Crippen LogP contribution >= 0.6 is 0 Å². The molecule has 3 nitrogen and oxygen atoms in total. The van der Waals surface area contributed by atoms with Crippen molar-refractivity contribution in [3.63, 3.8) is 0 Å². The Hall–Kier alpha value is -1.36. The van der Waals surface area contributed by atoms with Crippen molar-refractivity contribution in [2.24, 2.45) is 5.92 Å². The molecule has 1 unspecified atom stereocenters. The smallest absolute Gasteiger partial charge is 0.387 e. The Labute approximate surface area is 118 Å². The highest BCUT2D eigenvalue weighted by Gasteiger charge is 2.24. The van der Waals surface area contributed by atoms with Gasteiger partial charge in [0.1, 0.15) is 5.75 Å². The molecule has 1 aromatic carbocycles. The Morgan fingerprint density at radius 2 is 2.20 bits per heavy atom. The van der Waals surface area contributed by atoms with E-state index in [1.807, 2.05) is 12.1 Å². The zero-order valence-electron chi connectivity index (χ0n) is 11.8. The van der Waals surface area contributed by atoms with Crippen molar-refractivity contribution >= 4 is 5.69 Å². The van der Waals surface area contributed by atoms with Gasteiger partial charge in [-0.1, -0.05) is 19.1 Å². The second kappa shape index (κ2) is 7.43. The molecule has 1 fully saturated rings. The van der Waals surface area contributed by atoms with Gasteiger partial charge in [-0.2, -0.15) is 8.78 Å². The van der Waals surface area contributed by atoms with E-state index in [1.165, 1.54) is 0 Å². The van der Waals surface area contributed by atoms with Gasteiger partial charge in [0, 0.05) is 13.1 Å². The van der Waals surface area contributed by atoms with E-state index in [1.54, 1.807) is 12.1 Å². The Kier molecular flexibility index (Phi) is 5.59. The number of halogens is 2. The van der Waals surface area contributed by atoms with Gasteiger partial charge >= 0.3 is 6.61 Å². The van der Waals surface area contributed by atoms with Crippen molar-refractivity contribution < 1.29 is 13.5 Å².